The van der Waals surface area contributed by atoms with Gasteiger partial charge >= 0.3 is 0 Å². The van der Waals surface area contributed by atoms with Crippen LogP contribution in [0.3, 0.4) is 0 Å². The highest BCUT2D eigenvalue weighted by Crippen LogP contribution is 2.43. The van der Waals surface area contributed by atoms with Crippen LogP contribution in [-0.4, -0.2) is 43.6 Å². The summed E-state index contributed by atoms with van der Waals surface area (Å²) in [7, 11) is 0. The van der Waals surface area contributed by atoms with Crippen molar-refractivity contribution in [2.75, 3.05) is 0 Å². The van der Waals surface area contributed by atoms with Gasteiger partial charge in [0.15, 0.2) is 17.5 Å². The monoisotopic (exact) mass is 1230 g/mol. The molecule has 5 heterocycles. The first-order valence-corrected chi connectivity index (χ1v) is 32.8. The molecule has 0 fully saturated rings. The largest absolute Gasteiger partial charge is 0.278 e. The minimum absolute atomic E-state index is 0.519. The molecule has 97 heavy (non-hydrogen) atoms. The zero-order valence-corrected chi connectivity index (χ0v) is 52.0. The van der Waals surface area contributed by atoms with Crippen molar-refractivity contribution in [2.24, 2.45) is 0 Å². The second kappa shape index (κ2) is 20.6. The summed E-state index contributed by atoms with van der Waals surface area (Å²) in [6.07, 6.45) is 0. The van der Waals surface area contributed by atoms with Gasteiger partial charge in [0.25, 0.3) is 0 Å². The Bertz CT molecular complexity index is 6830. The van der Waals surface area contributed by atoms with Crippen molar-refractivity contribution < 1.29 is 0 Å². The highest BCUT2D eigenvalue weighted by Gasteiger charge is 2.24. The number of para-hydroxylation sites is 5. The van der Waals surface area contributed by atoms with E-state index in [9.17, 15) is 0 Å². The van der Waals surface area contributed by atoms with Gasteiger partial charge in [0, 0.05) is 49.0 Å². The van der Waals surface area contributed by atoms with Gasteiger partial charge in [-0.25, -0.2) is 4.98 Å². The molecule has 0 amide bonds. The van der Waals surface area contributed by atoms with Crippen LogP contribution < -0.4 is 0 Å². The molecule has 9 nitrogen and oxygen atoms in total. The second-order valence-electron chi connectivity index (χ2n) is 25.3. The van der Waals surface area contributed by atoms with Crippen LogP contribution in [0.4, 0.5) is 0 Å². The first-order valence-electron chi connectivity index (χ1n) is 32.8. The Labute approximate surface area is 553 Å². The van der Waals surface area contributed by atoms with E-state index in [1.54, 1.807) is 0 Å². The van der Waals surface area contributed by atoms with E-state index in [4.69, 9.17) is 29.9 Å². The fraction of sp³-hybridized carbons (Fsp3) is 0. The Hall–Kier alpha value is -13.2. The molecule has 21 rings (SSSR count). The van der Waals surface area contributed by atoms with E-state index in [0.29, 0.717) is 35.3 Å². The third-order valence-electron chi connectivity index (χ3n) is 20.1. The van der Waals surface area contributed by atoms with Gasteiger partial charge in [0.1, 0.15) is 0 Å². The van der Waals surface area contributed by atoms with E-state index in [2.05, 4.69) is 323 Å². The molecule has 0 N–H and O–H groups in total. The lowest BCUT2D eigenvalue weighted by atomic mass is 9.93. The Morgan fingerprint density at radius 3 is 0.979 bits per heavy atom. The lowest BCUT2D eigenvalue weighted by Crippen LogP contribution is -2.10. The van der Waals surface area contributed by atoms with Gasteiger partial charge in [-0.3, -0.25) is 13.7 Å². The van der Waals surface area contributed by atoms with Gasteiger partial charge in [0.05, 0.1) is 33.1 Å². The predicted molar refractivity (Wildman–Crippen MR) is 401 cm³/mol. The second-order valence-corrected chi connectivity index (χ2v) is 25.3. The molecule has 0 atom stereocenters. The van der Waals surface area contributed by atoms with Gasteiger partial charge in [-0.1, -0.05) is 255 Å². The summed E-state index contributed by atoms with van der Waals surface area (Å²) in [5, 5.41) is 23.0. The normalized spacial score (nSPS) is 12.1. The molecule has 16 aromatic carbocycles. The Morgan fingerprint density at radius 2 is 0.464 bits per heavy atom. The third kappa shape index (κ3) is 8.06. The Kier molecular flexibility index (Phi) is 11.3. The summed E-state index contributed by atoms with van der Waals surface area (Å²) in [6, 6.07) is 111. The van der Waals surface area contributed by atoms with E-state index in [-0.39, 0.29) is 0 Å². The lowest BCUT2D eigenvalue weighted by molar-refractivity contribution is 0.893. The molecular formula is C88H51N9. The summed E-state index contributed by atoms with van der Waals surface area (Å²) < 4.78 is 6.62. The fourth-order valence-corrected chi connectivity index (χ4v) is 15.7. The highest BCUT2D eigenvalue weighted by molar-refractivity contribution is 6.26. The van der Waals surface area contributed by atoms with E-state index in [1.807, 2.05) is 0 Å². The van der Waals surface area contributed by atoms with Crippen LogP contribution >= 0.6 is 0 Å². The molecule has 0 unspecified atom stereocenters. The van der Waals surface area contributed by atoms with Crippen LogP contribution in [0.25, 0.3) is 204 Å². The zero-order chi connectivity index (χ0) is 63.4. The van der Waals surface area contributed by atoms with Gasteiger partial charge in [0.2, 0.25) is 17.8 Å². The van der Waals surface area contributed by atoms with E-state index >= 15 is 0 Å². The number of hydrogen-bond donors (Lipinski definition) is 0. The molecule has 0 bridgehead atoms. The maximum atomic E-state index is 5.57. The summed E-state index contributed by atoms with van der Waals surface area (Å²) in [5.74, 6) is 3.35. The maximum absolute atomic E-state index is 5.57. The molecule has 5 aromatic heterocycles. The number of fused-ring (bicyclic) bond motifs is 21. The maximum Gasteiger partial charge on any atom is 0.240 e. The van der Waals surface area contributed by atoms with E-state index in [0.717, 1.165) is 131 Å². The van der Waals surface area contributed by atoms with Crippen LogP contribution in [-0.2, 0) is 0 Å². The van der Waals surface area contributed by atoms with Crippen molar-refractivity contribution in [2.45, 2.75) is 0 Å². The average Bonchev–Trinajstić information content (AvgIpc) is 1.71. The summed E-state index contributed by atoms with van der Waals surface area (Å²) in [6.45, 7) is 0. The van der Waals surface area contributed by atoms with Crippen LogP contribution in [0.5, 0.6) is 0 Å². The van der Waals surface area contributed by atoms with E-state index in [1.165, 1.54) is 37.7 Å². The number of nitrogens with zero attached hydrogens (tertiary/aromatic N) is 9. The minimum atomic E-state index is 0.519. The number of benzene rings is 16. The zero-order valence-electron chi connectivity index (χ0n) is 52.0. The minimum Gasteiger partial charge on any atom is -0.278 e. The summed E-state index contributed by atoms with van der Waals surface area (Å²) >= 11 is 0. The molecule has 0 saturated carbocycles. The molecule has 9 heteroatoms. The van der Waals surface area contributed by atoms with Gasteiger partial charge in [-0.05, 0) is 141 Å². The Balaban J connectivity index is 0.749. The summed E-state index contributed by atoms with van der Waals surface area (Å²) in [5.41, 5.74) is 10.9. The summed E-state index contributed by atoms with van der Waals surface area (Å²) in [4.78, 5) is 32.9. The van der Waals surface area contributed by atoms with Crippen molar-refractivity contribution in [1.29, 1.82) is 0 Å². The van der Waals surface area contributed by atoms with Crippen molar-refractivity contribution in [1.82, 2.24) is 43.6 Å². The Morgan fingerprint density at radius 1 is 0.165 bits per heavy atom. The number of rotatable bonds is 7. The molecular weight excluding hydrogens is 1180 g/mol. The average molecular weight is 1230 g/mol. The number of hydrogen-bond acceptors (Lipinski definition) is 6. The van der Waals surface area contributed by atoms with Gasteiger partial charge in [-0.2, -0.15) is 24.9 Å². The molecule has 0 aliphatic rings. The standard InChI is InChI=1S/C88H51N9/c1-2-19-59-52(18-1)36-37-53-38-41-57(48-74(53)59)85-92-87(96-79-33-14-9-26-70(79)71-27-10-15-34-80(71)96)94-88(93-85)97-81-35-16-11-28-72(81)73-47-43-55(51-82(73)97)60-29-17-30-64-66(60)45-42-54-39-40-56(49-75(54)64)83-89-84(91-86(90-83)95-77-31-12-7-24-68(77)69-25-8-13-32-78(69)95)58-44-46-67-63-22-4-3-20-61(63)62-21-5-6-23-65(62)76(67)50-58/h1-51H. The smallest absolute Gasteiger partial charge is 0.240 e. The third-order valence-corrected chi connectivity index (χ3v) is 20.1. The van der Waals surface area contributed by atoms with Gasteiger partial charge in [-0.15, -0.1) is 0 Å². The lowest BCUT2D eigenvalue weighted by Gasteiger charge is -2.14. The quantitative estimate of drug-likeness (QED) is 0.148. The molecule has 0 aliphatic heterocycles. The topological polar surface area (TPSA) is 92.1 Å². The first-order chi connectivity index (χ1) is 48.1. The van der Waals surface area contributed by atoms with Crippen molar-refractivity contribution in [3.8, 4) is 63.1 Å². The van der Waals surface area contributed by atoms with E-state index < -0.39 is 0 Å². The predicted octanol–water partition coefficient (Wildman–Crippen LogP) is 22.1. The molecule has 0 aliphatic carbocycles. The van der Waals surface area contributed by atoms with Crippen LogP contribution in [0, 0.1) is 0 Å². The molecule has 0 radical (unpaired) electrons. The van der Waals surface area contributed by atoms with Crippen molar-refractivity contribution >= 4 is 141 Å². The van der Waals surface area contributed by atoms with Crippen molar-refractivity contribution in [3.63, 3.8) is 0 Å². The van der Waals surface area contributed by atoms with Crippen LogP contribution in [0.1, 0.15) is 0 Å². The first kappa shape index (κ1) is 53.3. The fourth-order valence-electron chi connectivity index (χ4n) is 15.7. The molecule has 0 spiro atoms. The molecule has 0 saturated heterocycles. The number of aromatic nitrogens is 9. The molecule has 448 valence electrons. The van der Waals surface area contributed by atoms with Crippen LogP contribution in [0.15, 0.2) is 309 Å². The SMILES string of the molecule is c1ccc2c(c1)ccc1ccc(-c3nc(-n4c5ccccc5c5ccccc54)nc(-n4c5ccccc5c5ccc(-c6cccc7c6ccc6ccc(-c8nc(-c9ccc%10c%11ccccc%11c%11ccccc%11c%10c9)nc(-n9c%10ccccc%10c%10ccccc%109)n8)cc67)cc54)n3)cc12. The highest BCUT2D eigenvalue weighted by atomic mass is 15.3. The van der Waals surface area contributed by atoms with Crippen LogP contribution in [0.2, 0.25) is 0 Å². The molecule has 21 aromatic rings. The van der Waals surface area contributed by atoms with Gasteiger partial charge < -0.3 is 0 Å². The van der Waals surface area contributed by atoms with Crippen molar-refractivity contribution in [3.05, 3.63) is 309 Å².